The Morgan fingerprint density at radius 3 is 2.05 bits per heavy atom. The summed E-state index contributed by atoms with van der Waals surface area (Å²) in [5.74, 6) is 0. The summed E-state index contributed by atoms with van der Waals surface area (Å²) >= 11 is 0. The molecule has 0 heterocycles. The summed E-state index contributed by atoms with van der Waals surface area (Å²) in [5, 5.41) is 6.71. The van der Waals surface area contributed by atoms with E-state index in [4.69, 9.17) is 9.47 Å². The van der Waals surface area contributed by atoms with Gasteiger partial charge >= 0.3 is 18.3 Å². The molecule has 3 N–H and O–H groups in total. The smallest absolute Gasteiger partial charge is 0.408 e. The largest absolute Gasteiger partial charge is 0.453 e. The highest BCUT2D eigenvalue weighted by atomic mass is 16.6. The molecule has 0 aliphatic carbocycles. The van der Waals surface area contributed by atoms with E-state index in [1.807, 2.05) is 0 Å². The first-order chi connectivity index (χ1) is 10.6. The van der Waals surface area contributed by atoms with Crippen molar-refractivity contribution in [1.29, 1.82) is 0 Å². The molecular weight excluding hydrogens is 300 g/mol. The van der Waals surface area contributed by atoms with Crippen molar-refractivity contribution >= 4 is 24.4 Å². The highest BCUT2D eigenvalue weighted by Crippen LogP contribution is 1.92. The van der Waals surface area contributed by atoms with Crippen LogP contribution in [0.2, 0.25) is 0 Å². The van der Waals surface area contributed by atoms with Gasteiger partial charge in [-0.3, -0.25) is 0 Å². The molecule has 11 nitrogen and oxygen atoms in total. The normalized spacial score (nSPS) is 8.95. The van der Waals surface area contributed by atoms with Crippen LogP contribution in [0, 0.1) is 0 Å². The van der Waals surface area contributed by atoms with Gasteiger partial charge in [0.15, 0.2) is 0 Å². The van der Waals surface area contributed by atoms with E-state index < -0.39 is 18.3 Å². The average Bonchev–Trinajstić information content (AvgIpc) is 2.50. The third-order valence-electron chi connectivity index (χ3n) is 2.02. The zero-order chi connectivity index (χ0) is 16.6. The number of isocyanates is 1. The van der Waals surface area contributed by atoms with E-state index in [0.717, 1.165) is 0 Å². The maximum atomic E-state index is 11.1. The van der Waals surface area contributed by atoms with Crippen LogP contribution in [0.3, 0.4) is 0 Å². The molecular formula is C11H18N4O7. The zero-order valence-electron chi connectivity index (χ0n) is 12.0. The van der Waals surface area contributed by atoms with Gasteiger partial charge < -0.3 is 30.2 Å². The Morgan fingerprint density at radius 1 is 0.955 bits per heavy atom. The summed E-state index contributed by atoms with van der Waals surface area (Å²) < 4.78 is 13.8. The van der Waals surface area contributed by atoms with Crippen LogP contribution in [-0.2, 0) is 19.0 Å². The molecule has 0 saturated carbocycles. The first kappa shape index (κ1) is 19.2. The summed E-state index contributed by atoms with van der Waals surface area (Å²) in [4.78, 5) is 45.6. The second-order valence-corrected chi connectivity index (χ2v) is 3.59. The maximum Gasteiger partial charge on any atom is 0.408 e. The Bertz CT molecular complexity index is 409. The molecule has 0 fully saturated rings. The van der Waals surface area contributed by atoms with Gasteiger partial charge in [-0.05, 0) is 12.8 Å². The van der Waals surface area contributed by atoms with E-state index in [2.05, 4.69) is 25.7 Å². The Morgan fingerprint density at radius 2 is 1.50 bits per heavy atom. The lowest BCUT2D eigenvalue weighted by molar-refractivity contribution is 0.127. The number of aliphatic imine (C=N–C) groups is 1. The third kappa shape index (κ3) is 12.2. The zero-order valence-corrected chi connectivity index (χ0v) is 12.0. The number of rotatable bonds is 9. The first-order valence-electron chi connectivity index (χ1n) is 6.26. The predicted molar refractivity (Wildman–Crippen MR) is 71.6 cm³/mol. The summed E-state index contributed by atoms with van der Waals surface area (Å²) in [6.45, 7) is -0.0424. The van der Waals surface area contributed by atoms with E-state index in [1.54, 1.807) is 0 Å². The van der Waals surface area contributed by atoms with E-state index in [0.29, 0.717) is 12.8 Å². The molecule has 0 unspecified atom stereocenters. The fraction of sp³-hybridized carbons (Fsp3) is 0.636. The predicted octanol–water partition coefficient (Wildman–Crippen LogP) is -0.174. The quantitative estimate of drug-likeness (QED) is 0.176. The first-order valence-corrected chi connectivity index (χ1v) is 6.26. The van der Waals surface area contributed by atoms with Crippen LogP contribution >= 0.6 is 0 Å². The van der Waals surface area contributed by atoms with Gasteiger partial charge in [0, 0.05) is 0 Å². The molecule has 0 aromatic carbocycles. The van der Waals surface area contributed by atoms with Crippen molar-refractivity contribution in [2.24, 2.45) is 4.99 Å². The SMILES string of the molecule is COC(=O)NCNC(=O)OCCCCOC(=O)NCN=C=O. The van der Waals surface area contributed by atoms with Gasteiger partial charge in [-0.1, -0.05) is 0 Å². The number of ether oxygens (including phenoxy) is 3. The van der Waals surface area contributed by atoms with Gasteiger partial charge in [-0.2, -0.15) is 4.99 Å². The van der Waals surface area contributed by atoms with Crippen molar-refractivity contribution in [3.8, 4) is 0 Å². The minimum Gasteiger partial charge on any atom is -0.453 e. The van der Waals surface area contributed by atoms with Crippen LogP contribution < -0.4 is 16.0 Å². The number of unbranched alkanes of at least 4 members (excludes halogenated alkanes) is 1. The summed E-state index contributed by atoms with van der Waals surface area (Å²) in [7, 11) is 1.20. The second-order valence-electron chi connectivity index (χ2n) is 3.59. The molecule has 0 spiro atoms. The van der Waals surface area contributed by atoms with Crippen molar-refractivity contribution in [3.05, 3.63) is 0 Å². The van der Waals surface area contributed by atoms with E-state index in [9.17, 15) is 19.2 Å². The number of amides is 3. The van der Waals surface area contributed by atoms with Gasteiger partial charge in [0.05, 0.1) is 27.0 Å². The van der Waals surface area contributed by atoms with Crippen molar-refractivity contribution < 1.29 is 33.4 Å². The molecule has 11 heteroatoms. The van der Waals surface area contributed by atoms with Gasteiger partial charge in [0.2, 0.25) is 6.08 Å². The highest BCUT2D eigenvalue weighted by molar-refractivity contribution is 5.69. The minimum atomic E-state index is -0.702. The Hall–Kier alpha value is -2.81. The number of nitrogens with zero attached hydrogens (tertiary/aromatic N) is 1. The highest BCUT2D eigenvalue weighted by Gasteiger charge is 2.03. The monoisotopic (exact) mass is 318 g/mol. The Kier molecular flexibility index (Phi) is 11.5. The number of carbonyl (C=O) groups is 3. The summed E-state index contributed by atoms with van der Waals surface area (Å²) in [5.41, 5.74) is 0. The molecule has 0 aliphatic rings. The summed E-state index contributed by atoms with van der Waals surface area (Å²) in [6.07, 6.45) is 0.163. The second kappa shape index (κ2) is 13.2. The van der Waals surface area contributed by atoms with Crippen LogP contribution in [0.5, 0.6) is 0 Å². The lowest BCUT2D eigenvalue weighted by Gasteiger charge is -2.08. The van der Waals surface area contributed by atoms with Crippen LogP contribution in [-0.4, -0.2) is 58.0 Å². The van der Waals surface area contributed by atoms with Crippen LogP contribution in [0.15, 0.2) is 4.99 Å². The van der Waals surface area contributed by atoms with Crippen molar-refractivity contribution in [3.63, 3.8) is 0 Å². The van der Waals surface area contributed by atoms with Gasteiger partial charge in [-0.15, -0.1) is 0 Å². The number of carbonyl (C=O) groups excluding carboxylic acids is 4. The van der Waals surface area contributed by atoms with Crippen molar-refractivity contribution in [1.82, 2.24) is 16.0 Å². The van der Waals surface area contributed by atoms with Gasteiger partial charge in [-0.25, -0.2) is 19.2 Å². The molecule has 0 bridgehead atoms. The summed E-state index contributed by atoms with van der Waals surface area (Å²) in [6, 6.07) is 0. The van der Waals surface area contributed by atoms with Crippen LogP contribution in [0.1, 0.15) is 12.8 Å². The molecule has 0 aromatic heterocycles. The minimum absolute atomic E-state index is 0.113. The lowest BCUT2D eigenvalue weighted by Crippen LogP contribution is -2.37. The maximum absolute atomic E-state index is 11.1. The third-order valence-corrected chi connectivity index (χ3v) is 2.02. The van der Waals surface area contributed by atoms with E-state index in [-0.39, 0.29) is 26.6 Å². The molecule has 0 saturated heterocycles. The molecule has 3 amide bonds. The molecule has 0 rings (SSSR count). The number of hydrogen-bond acceptors (Lipinski definition) is 8. The van der Waals surface area contributed by atoms with E-state index in [1.165, 1.54) is 13.2 Å². The number of methoxy groups -OCH3 is 1. The number of nitrogens with one attached hydrogen (secondary N) is 3. The fourth-order valence-electron chi connectivity index (χ4n) is 1.03. The standard InChI is InChI=1S/C11H18N4O7/c1-20-9(17)14-7-15-11(19)22-5-3-2-4-21-10(18)13-6-12-8-16/h2-7H2,1H3,(H,13,18)(H,14,17)(H,15,19). The molecule has 124 valence electrons. The number of alkyl carbamates (subject to hydrolysis) is 3. The molecule has 0 aliphatic heterocycles. The van der Waals surface area contributed by atoms with Gasteiger partial charge in [0.25, 0.3) is 0 Å². The molecule has 22 heavy (non-hydrogen) atoms. The van der Waals surface area contributed by atoms with Gasteiger partial charge in [0.1, 0.15) is 6.67 Å². The molecule has 0 aromatic rings. The van der Waals surface area contributed by atoms with Crippen molar-refractivity contribution in [2.75, 3.05) is 33.7 Å². The molecule has 0 radical (unpaired) electrons. The molecule has 0 atom stereocenters. The topological polar surface area (TPSA) is 144 Å². The van der Waals surface area contributed by atoms with Crippen LogP contribution in [0.4, 0.5) is 14.4 Å². The fourth-order valence-corrected chi connectivity index (χ4v) is 1.03. The Labute approximate surface area is 126 Å². The Balaban J connectivity index is 3.41. The van der Waals surface area contributed by atoms with E-state index >= 15 is 0 Å². The van der Waals surface area contributed by atoms with Crippen molar-refractivity contribution in [2.45, 2.75) is 12.8 Å². The average molecular weight is 318 g/mol. The van der Waals surface area contributed by atoms with Crippen LogP contribution in [0.25, 0.3) is 0 Å². The number of hydrogen-bond donors (Lipinski definition) is 3. The lowest BCUT2D eigenvalue weighted by atomic mass is 10.3.